The third-order valence-corrected chi connectivity index (χ3v) is 5.32. The number of aliphatic imine (C=N–C) groups is 2. The van der Waals surface area contributed by atoms with E-state index in [1.807, 2.05) is 0 Å². The van der Waals surface area contributed by atoms with Gasteiger partial charge < -0.3 is 10.2 Å². The lowest BCUT2D eigenvalue weighted by Gasteiger charge is -2.03. The van der Waals surface area contributed by atoms with Gasteiger partial charge in [0.2, 0.25) is 0 Å². The van der Waals surface area contributed by atoms with Crippen molar-refractivity contribution >= 4 is 78.9 Å². The van der Waals surface area contributed by atoms with Gasteiger partial charge in [0.15, 0.2) is 0 Å². The van der Waals surface area contributed by atoms with Crippen LogP contribution in [0.3, 0.4) is 0 Å². The molecule has 4 nitrogen and oxygen atoms in total. The van der Waals surface area contributed by atoms with Gasteiger partial charge in [-0.05, 0) is 80.4 Å². The largest absolute Gasteiger partial charge is 0.506 e. The molecule has 0 saturated heterocycles. The second kappa shape index (κ2) is 9.09. The van der Waals surface area contributed by atoms with Crippen LogP contribution in [0.2, 0.25) is 10.0 Å². The molecule has 0 aromatic heterocycles. The van der Waals surface area contributed by atoms with Crippen LogP contribution in [0.4, 0.5) is 11.4 Å². The third-order valence-electron chi connectivity index (χ3n) is 3.67. The number of hydrogen-bond donors (Lipinski definition) is 2. The highest BCUT2D eigenvalue weighted by Gasteiger charge is 2.06. The van der Waals surface area contributed by atoms with Crippen LogP contribution in [0.15, 0.2) is 67.5 Å². The van der Waals surface area contributed by atoms with Gasteiger partial charge >= 0.3 is 0 Å². The van der Waals surface area contributed by atoms with E-state index in [9.17, 15) is 10.2 Å². The van der Waals surface area contributed by atoms with E-state index in [0.717, 1.165) is 0 Å². The minimum Gasteiger partial charge on any atom is -0.506 e. The van der Waals surface area contributed by atoms with E-state index < -0.39 is 0 Å². The fraction of sp³-hybridized carbons (Fsp3) is 0. The molecular weight excluding hydrogens is 531 g/mol. The summed E-state index contributed by atoms with van der Waals surface area (Å²) in [5.41, 5.74) is 2.37. The lowest BCUT2D eigenvalue weighted by Crippen LogP contribution is -1.84. The summed E-state index contributed by atoms with van der Waals surface area (Å²) in [6.07, 6.45) is 3.07. The second-order valence-electron chi connectivity index (χ2n) is 5.68. The molecule has 3 aromatic carbocycles. The molecule has 0 bridgehead atoms. The van der Waals surface area contributed by atoms with Crippen molar-refractivity contribution in [2.45, 2.75) is 0 Å². The summed E-state index contributed by atoms with van der Waals surface area (Å²) in [4.78, 5) is 8.67. The Bertz CT molecular complexity index is 998. The number of phenolic OH excluding ortho intramolecular Hbond substituents is 2. The van der Waals surface area contributed by atoms with Crippen LogP contribution in [0, 0.1) is 0 Å². The lowest BCUT2D eigenvalue weighted by molar-refractivity contribution is 0.470. The fourth-order valence-corrected chi connectivity index (χ4v) is 3.95. The molecule has 0 unspecified atom stereocenters. The van der Waals surface area contributed by atoms with Crippen molar-refractivity contribution in [3.8, 4) is 11.5 Å². The van der Waals surface area contributed by atoms with Gasteiger partial charge in [0, 0.05) is 33.6 Å². The van der Waals surface area contributed by atoms with Crippen LogP contribution in [-0.4, -0.2) is 22.6 Å². The van der Waals surface area contributed by atoms with E-state index in [2.05, 4.69) is 41.8 Å². The van der Waals surface area contributed by atoms with Crippen LogP contribution in [0.25, 0.3) is 0 Å². The second-order valence-corrected chi connectivity index (χ2v) is 8.27. The number of aromatic hydroxyl groups is 2. The van der Waals surface area contributed by atoms with Crippen LogP contribution in [-0.2, 0) is 0 Å². The zero-order chi connectivity index (χ0) is 20.3. The number of hydrogen-bond acceptors (Lipinski definition) is 4. The predicted octanol–water partition coefficient (Wildman–Crippen LogP) is 7.43. The van der Waals surface area contributed by atoms with Crippen LogP contribution >= 0.6 is 55.1 Å². The molecule has 0 heterocycles. The van der Waals surface area contributed by atoms with Gasteiger partial charge in [-0.3, -0.25) is 9.98 Å². The summed E-state index contributed by atoms with van der Waals surface area (Å²) in [7, 11) is 0. The first kappa shape index (κ1) is 20.9. The highest BCUT2D eigenvalue weighted by atomic mass is 79.9. The molecule has 0 atom stereocenters. The first-order chi connectivity index (χ1) is 13.3. The monoisotopic (exact) mass is 540 g/mol. The van der Waals surface area contributed by atoms with Gasteiger partial charge in [0.1, 0.15) is 11.5 Å². The van der Waals surface area contributed by atoms with Crippen LogP contribution < -0.4 is 0 Å². The average molecular weight is 543 g/mol. The Hall–Kier alpha value is -1.86. The van der Waals surface area contributed by atoms with Gasteiger partial charge in [0.05, 0.1) is 20.3 Å². The normalized spacial score (nSPS) is 11.6. The maximum atomic E-state index is 10.0. The minimum absolute atomic E-state index is 0.0712. The summed E-state index contributed by atoms with van der Waals surface area (Å²) in [5, 5.41) is 21.1. The van der Waals surface area contributed by atoms with Gasteiger partial charge in [-0.15, -0.1) is 0 Å². The van der Waals surface area contributed by atoms with E-state index in [1.165, 1.54) is 12.4 Å². The average Bonchev–Trinajstić information content (AvgIpc) is 2.66. The van der Waals surface area contributed by atoms with Crippen molar-refractivity contribution in [2.75, 3.05) is 0 Å². The molecule has 0 amide bonds. The number of halogens is 4. The molecule has 0 fully saturated rings. The molecule has 3 aromatic rings. The standard InChI is InChI=1S/C20H12Br2Cl2N2O2/c21-17-7-13(23)5-11(19(17)27)9-25-15-1-2-16(4-3-15)26-10-12-6-14(24)8-18(22)20(12)28/h1-10,27-28H. The molecule has 0 aliphatic carbocycles. The fourth-order valence-electron chi connectivity index (χ4n) is 2.28. The summed E-state index contributed by atoms with van der Waals surface area (Å²) >= 11 is 18.5. The molecule has 3 rings (SSSR count). The Morgan fingerprint density at radius 3 is 1.39 bits per heavy atom. The molecule has 0 radical (unpaired) electrons. The Kier molecular flexibility index (Phi) is 6.78. The molecule has 0 saturated carbocycles. The van der Waals surface area contributed by atoms with Gasteiger partial charge in [-0.1, -0.05) is 23.2 Å². The number of benzene rings is 3. The molecule has 28 heavy (non-hydrogen) atoms. The first-order valence-corrected chi connectivity index (χ1v) is 10.2. The molecule has 0 aliphatic heterocycles. The Morgan fingerprint density at radius 2 is 1.04 bits per heavy atom. The number of nitrogens with zero attached hydrogens (tertiary/aromatic N) is 2. The quantitative estimate of drug-likeness (QED) is 0.337. The van der Waals surface area contributed by atoms with Crippen molar-refractivity contribution in [1.82, 2.24) is 0 Å². The minimum atomic E-state index is 0.0712. The molecule has 142 valence electrons. The smallest absolute Gasteiger partial charge is 0.138 e. The van der Waals surface area contributed by atoms with Crippen molar-refractivity contribution < 1.29 is 10.2 Å². The highest BCUT2D eigenvalue weighted by Crippen LogP contribution is 2.32. The summed E-state index contributed by atoms with van der Waals surface area (Å²) < 4.78 is 1.00. The van der Waals surface area contributed by atoms with E-state index in [-0.39, 0.29) is 11.5 Å². The maximum Gasteiger partial charge on any atom is 0.138 e. The van der Waals surface area contributed by atoms with Crippen LogP contribution in [0.5, 0.6) is 11.5 Å². The zero-order valence-electron chi connectivity index (χ0n) is 14.1. The molecule has 2 N–H and O–H groups in total. The predicted molar refractivity (Wildman–Crippen MR) is 123 cm³/mol. The number of rotatable bonds is 4. The highest BCUT2D eigenvalue weighted by molar-refractivity contribution is 9.10. The van der Waals surface area contributed by atoms with Gasteiger partial charge in [-0.25, -0.2) is 0 Å². The topological polar surface area (TPSA) is 65.2 Å². The molecule has 8 heteroatoms. The molecule has 0 aliphatic rings. The zero-order valence-corrected chi connectivity index (χ0v) is 18.8. The van der Waals surface area contributed by atoms with E-state index >= 15 is 0 Å². The Labute approximate surface area is 188 Å². The van der Waals surface area contributed by atoms with Gasteiger partial charge in [0.25, 0.3) is 0 Å². The third kappa shape index (κ3) is 5.14. The molecular formula is C20H12Br2Cl2N2O2. The van der Waals surface area contributed by atoms with Crippen molar-refractivity contribution in [3.63, 3.8) is 0 Å². The van der Waals surface area contributed by atoms with E-state index in [0.29, 0.717) is 41.5 Å². The summed E-state index contributed by atoms with van der Waals surface area (Å²) in [5.74, 6) is 0.142. The van der Waals surface area contributed by atoms with Crippen molar-refractivity contribution in [3.05, 3.63) is 78.6 Å². The van der Waals surface area contributed by atoms with Crippen LogP contribution in [0.1, 0.15) is 11.1 Å². The van der Waals surface area contributed by atoms with Crippen molar-refractivity contribution in [1.29, 1.82) is 0 Å². The lowest BCUT2D eigenvalue weighted by atomic mass is 10.2. The first-order valence-electron chi connectivity index (χ1n) is 7.87. The van der Waals surface area contributed by atoms with Gasteiger partial charge in [-0.2, -0.15) is 0 Å². The van der Waals surface area contributed by atoms with E-state index in [1.54, 1.807) is 48.5 Å². The van der Waals surface area contributed by atoms with E-state index in [4.69, 9.17) is 23.2 Å². The SMILES string of the molecule is Oc1c(Br)cc(Cl)cc1C=Nc1ccc(N=Cc2cc(Cl)cc(Br)c2O)cc1. The Morgan fingerprint density at radius 1 is 0.679 bits per heavy atom. The number of phenols is 2. The summed E-state index contributed by atoms with van der Waals surface area (Å²) in [6, 6.07) is 13.6. The Balaban J connectivity index is 1.77. The van der Waals surface area contributed by atoms with Crippen molar-refractivity contribution in [2.24, 2.45) is 9.98 Å². The summed E-state index contributed by atoms with van der Waals surface area (Å²) in [6.45, 7) is 0. The maximum absolute atomic E-state index is 10.0. The molecule has 0 spiro atoms.